The molecule has 0 radical (unpaired) electrons. The van der Waals surface area contributed by atoms with Crippen molar-refractivity contribution in [2.24, 2.45) is 0 Å². The minimum Gasteiger partial charge on any atom is -0.497 e. The molecule has 1 aromatic heterocycles. The van der Waals surface area contributed by atoms with Crippen LogP contribution in [0.25, 0.3) is 0 Å². The maximum absolute atomic E-state index is 10.9. The fourth-order valence-electron chi connectivity index (χ4n) is 1.69. The SMILES string of the molecule is COc1ccc(C(CC(=O)O)c2nn[nH]n2)cc1. The van der Waals surface area contributed by atoms with Gasteiger partial charge in [-0.25, -0.2) is 0 Å². The average molecular weight is 248 g/mol. The third-order valence-corrected chi connectivity index (χ3v) is 2.57. The van der Waals surface area contributed by atoms with Gasteiger partial charge in [0.15, 0.2) is 5.82 Å². The van der Waals surface area contributed by atoms with Crippen LogP contribution in [0.2, 0.25) is 0 Å². The molecule has 0 amide bonds. The summed E-state index contributed by atoms with van der Waals surface area (Å²) in [6.45, 7) is 0. The molecule has 0 bridgehead atoms. The number of nitrogens with zero attached hydrogens (tertiary/aromatic N) is 3. The fourth-order valence-corrected chi connectivity index (χ4v) is 1.69. The summed E-state index contributed by atoms with van der Waals surface area (Å²) in [7, 11) is 1.57. The molecule has 1 heterocycles. The smallest absolute Gasteiger partial charge is 0.304 e. The molecule has 94 valence electrons. The Kier molecular flexibility index (Phi) is 3.52. The summed E-state index contributed by atoms with van der Waals surface area (Å²) in [4.78, 5) is 10.9. The Labute approximate surface area is 103 Å². The van der Waals surface area contributed by atoms with Crippen LogP contribution in [0.5, 0.6) is 5.75 Å². The maximum atomic E-state index is 10.9. The summed E-state index contributed by atoms with van der Waals surface area (Å²) in [5.41, 5.74) is 0.805. The lowest BCUT2D eigenvalue weighted by atomic mass is 9.95. The molecule has 2 rings (SSSR count). The van der Waals surface area contributed by atoms with Crippen LogP contribution >= 0.6 is 0 Å². The predicted octanol–water partition coefficient (Wildman–Crippen LogP) is 0.815. The van der Waals surface area contributed by atoms with Gasteiger partial charge in [-0.3, -0.25) is 4.79 Å². The van der Waals surface area contributed by atoms with Crippen LogP contribution in [0, 0.1) is 0 Å². The van der Waals surface area contributed by atoms with Crippen molar-refractivity contribution in [2.45, 2.75) is 12.3 Å². The molecule has 7 heteroatoms. The van der Waals surface area contributed by atoms with Crippen molar-refractivity contribution in [2.75, 3.05) is 7.11 Å². The fraction of sp³-hybridized carbons (Fsp3) is 0.273. The number of hydrogen-bond donors (Lipinski definition) is 2. The number of methoxy groups -OCH3 is 1. The van der Waals surface area contributed by atoms with Crippen LogP contribution in [0.3, 0.4) is 0 Å². The van der Waals surface area contributed by atoms with Crippen LogP contribution in [-0.4, -0.2) is 38.8 Å². The number of tetrazole rings is 1. The van der Waals surface area contributed by atoms with Crippen LogP contribution in [0.1, 0.15) is 23.7 Å². The van der Waals surface area contributed by atoms with E-state index in [1.54, 1.807) is 31.4 Å². The van der Waals surface area contributed by atoms with E-state index < -0.39 is 11.9 Å². The number of nitrogens with one attached hydrogen (secondary N) is 1. The first kappa shape index (κ1) is 12.0. The van der Waals surface area contributed by atoms with Gasteiger partial charge in [0.25, 0.3) is 0 Å². The summed E-state index contributed by atoms with van der Waals surface area (Å²) < 4.78 is 5.05. The van der Waals surface area contributed by atoms with Crippen LogP contribution in [-0.2, 0) is 4.79 Å². The second-order valence-corrected chi connectivity index (χ2v) is 3.69. The molecule has 0 aliphatic rings. The Morgan fingerprint density at radius 1 is 1.44 bits per heavy atom. The molecule has 1 aromatic carbocycles. The summed E-state index contributed by atoms with van der Waals surface area (Å²) in [5.74, 6) is -0.267. The predicted molar refractivity (Wildman–Crippen MR) is 61.3 cm³/mol. The first-order chi connectivity index (χ1) is 8.70. The topological polar surface area (TPSA) is 101 Å². The largest absolute Gasteiger partial charge is 0.497 e. The highest BCUT2D eigenvalue weighted by atomic mass is 16.5. The molecule has 0 spiro atoms. The molecule has 18 heavy (non-hydrogen) atoms. The standard InChI is InChI=1S/C11H12N4O3/c1-18-8-4-2-7(3-5-8)9(6-10(16)17)11-12-14-15-13-11/h2-5,9H,6H2,1H3,(H,16,17)(H,12,13,14,15). The van der Waals surface area contributed by atoms with Crippen molar-refractivity contribution in [1.82, 2.24) is 20.6 Å². The van der Waals surface area contributed by atoms with E-state index in [2.05, 4.69) is 20.6 Å². The van der Waals surface area contributed by atoms with Crippen LogP contribution < -0.4 is 4.74 Å². The van der Waals surface area contributed by atoms with Gasteiger partial charge in [0.05, 0.1) is 19.4 Å². The zero-order valence-electron chi connectivity index (χ0n) is 9.70. The number of rotatable bonds is 5. The number of aliphatic carboxylic acids is 1. The lowest BCUT2D eigenvalue weighted by Crippen LogP contribution is -2.09. The molecule has 0 saturated carbocycles. The lowest BCUT2D eigenvalue weighted by Gasteiger charge is -2.11. The summed E-state index contributed by atoms with van der Waals surface area (Å²) in [6.07, 6.45) is -0.0914. The highest BCUT2D eigenvalue weighted by Crippen LogP contribution is 2.26. The number of carboxylic acids is 1. The monoisotopic (exact) mass is 248 g/mol. The lowest BCUT2D eigenvalue weighted by molar-refractivity contribution is -0.137. The van der Waals surface area contributed by atoms with Gasteiger partial charge in [0.2, 0.25) is 0 Å². The highest BCUT2D eigenvalue weighted by molar-refractivity contribution is 5.68. The van der Waals surface area contributed by atoms with Gasteiger partial charge in [-0.15, -0.1) is 10.2 Å². The number of H-pyrrole nitrogens is 1. The van der Waals surface area contributed by atoms with E-state index in [1.165, 1.54) is 0 Å². The third kappa shape index (κ3) is 2.62. The van der Waals surface area contributed by atoms with Gasteiger partial charge in [0.1, 0.15) is 5.75 Å². The maximum Gasteiger partial charge on any atom is 0.304 e. The number of aromatic nitrogens is 4. The van der Waals surface area contributed by atoms with E-state index in [-0.39, 0.29) is 6.42 Å². The Morgan fingerprint density at radius 2 is 2.17 bits per heavy atom. The molecule has 1 atom stereocenters. The molecular weight excluding hydrogens is 236 g/mol. The summed E-state index contributed by atoms with van der Waals surface area (Å²) in [5, 5.41) is 22.4. The molecule has 0 aliphatic heterocycles. The second-order valence-electron chi connectivity index (χ2n) is 3.69. The Bertz CT molecular complexity index is 510. The summed E-state index contributed by atoms with van der Waals surface area (Å²) >= 11 is 0. The number of hydrogen-bond acceptors (Lipinski definition) is 5. The van der Waals surface area contributed by atoms with Crippen molar-refractivity contribution in [3.63, 3.8) is 0 Å². The Balaban J connectivity index is 2.30. The van der Waals surface area contributed by atoms with Crippen molar-refractivity contribution in [1.29, 1.82) is 0 Å². The molecule has 7 nitrogen and oxygen atoms in total. The molecule has 0 fully saturated rings. The third-order valence-electron chi connectivity index (χ3n) is 2.57. The normalized spacial score (nSPS) is 12.1. The van der Waals surface area contributed by atoms with E-state index in [0.717, 1.165) is 5.56 Å². The first-order valence-corrected chi connectivity index (χ1v) is 5.30. The Morgan fingerprint density at radius 3 is 2.67 bits per heavy atom. The van der Waals surface area contributed by atoms with E-state index in [4.69, 9.17) is 9.84 Å². The van der Waals surface area contributed by atoms with E-state index >= 15 is 0 Å². The molecule has 2 N–H and O–H groups in total. The number of carboxylic acid groups (broad SMARTS) is 1. The van der Waals surface area contributed by atoms with Crippen LogP contribution in [0.15, 0.2) is 24.3 Å². The quantitative estimate of drug-likeness (QED) is 0.812. The van der Waals surface area contributed by atoms with Gasteiger partial charge in [0, 0.05) is 0 Å². The number of aromatic amines is 1. The van der Waals surface area contributed by atoms with E-state index in [1.807, 2.05) is 0 Å². The van der Waals surface area contributed by atoms with Gasteiger partial charge in [-0.05, 0) is 17.7 Å². The second kappa shape index (κ2) is 5.26. The molecule has 1 unspecified atom stereocenters. The van der Waals surface area contributed by atoms with E-state index in [0.29, 0.717) is 11.6 Å². The van der Waals surface area contributed by atoms with Crippen molar-refractivity contribution in [3.8, 4) is 5.75 Å². The molecule has 0 aliphatic carbocycles. The van der Waals surface area contributed by atoms with Crippen molar-refractivity contribution >= 4 is 5.97 Å². The van der Waals surface area contributed by atoms with Gasteiger partial charge in [-0.1, -0.05) is 17.3 Å². The first-order valence-electron chi connectivity index (χ1n) is 5.30. The van der Waals surface area contributed by atoms with E-state index in [9.17, 15) is 4.79 Å². The van der Waals surface area contributed by atoms with Crippen molar-refractivity contribution in [3.05, 3.63) is 35.7 Å². The molecule has 0 saturated heterocycles. The molecule has 2 aromatic rings. The number of carbonyl (C=O) groups is 1. The average Bonchev–Trinajstić information content (AvgIpc) is 2.89. The molecular formula is C11H12N4O3. The minimum absolute atomic E-state index is 0.0914. The number of ether oxygens (including phenoxy) is 1. The highest BCUT2D eigenvalue weighted by Gasteiger charge is 2.21. The Hall–Kier alpha value is -2.44. The minimum atomic E-state index is -0.916. The summed E-state index contributed by atoms with van der Waals surface area (Å²) in [6, 6.07) is 7.13. The van der Waals surface area contributed by atoms with Crippen molar-refractivity contribution < 1.29 is 14.6 Å². The van der Waals surface area contributed by atoms with Gasteiger partial charge in [-0.2, -0.15) is 5.21 Å². The number of benzene rings is 1. The van der Waals surface area contributed by atoms with Gasteiger partial charge >= 0.3 is 5.97 Å². The zero-order chi connectivity index (χ0) is 13.0. The zero-order valence-corrected chi connectivity index (χ0v) is 9.70. The van der Waals surface area contributed by atoms with Gasteiger partial charge < -0.3 is 9.84 Å². The van der Waals surface area contributed by atoms with Crippen LogP contribution in [0.4, 0.5) is 0 Å².